The molecule has 1 atom stereocenters. The standard InChI is InChI=1S/C18H23ClN4OS/c1-12-9-13(2)22-18(21-12)23-16(7-8-25-3)17(24)20-11-14-5-4-6-15(19)10-14/h4-6,9-10,16H,7-8,11H2,1-3H3,(H,20,24)(H,21,22,23)/t16-/m0/s1. The number of benzene rings is 1. The second-order valence-electron chi connectivity index (χ2n) is 5.80. The van der Waals surface area contributed by atoms with Crippen LogP contribution in [-0.4, -0.2) is 33.9 Å². The lowest BCUT2D eigenvalue weighted by Crippen LogP contribution is -2.40. The molecule has 25 heavy (non-hydrogen) atoms. The van der Waals surface area contributed by atoms with Crippen LogP contribution >= 0.6 is 23.4 Å². The first-order valence-electron chi connectivity index (χ1n) is 8.08. The summed E-state index contributed by atoms with van der Waals surface area (Å²) in [6.45, 7) is 4.26. The number of nitrogens with one attached hydrogen (secondary N) is 2. The number of hydrogen-bond acceptors (Lipinski definition) is 5. The number of amides is 1. The van der Waals surface area contributed by atoms with Crippen molar-refractivity contribution in [1.29, 1.82) is 0 Å². The van der Waals surface area contributed by atoms with E-state index in [1.54, 1.807) is 11.8 Å². The molecule has 7 heteroatoms. The van der Waals surface area contributed by atoms with Crippen molar-refractivity contribution in [2.24, 2.45) is 0 Å². The number of aromatic nitrogens is 2. The fourth-order valence-corrected chi connectivity index (χ4v) is 3.09. The van der Waals surface area contributed by atoms with Gasteiger partial charge in [0.05, 0.1) is 0 Å². The highest BCUT2D eigenvalue weighted by Crippen LogP contribution is 2.12. The zero-order valence-corrected chi connectivity index (χ0v) is 16.2. The predicted octanol–water partition coefficient (Wildman–Crippen LogP) is 3.60. The number of hydrogen-bond donors (Lipinski definition) is 2. The lowest BCUT2D eigenvalue weighted by molar-refractivity contribution is -0.122. The van der Waals surface area contributed by atoms with Crippen LogP contribution in [0.4, 0.5) is 5.95 Å². The van der Waals surface area contributed by atoms with Gasteiger partial charge in [-0.2, -0.15) is 11.8 Å². The van der Waals surface area contributed by atoms with Gasteiger partial charge in [0.1, 0.15) is 6.04 Å². The molecule has 0 aliphatic carbocycles. The van der Waals surface area contributed by atoms with Crippen molar-refractivity contribution in [2.75, 3.05) is 17.3 Å². The molecule has 2 N–H and O–H groups in total. The highest BCUT2D eigenvalue weighted by molar-refractivity contribution is 7.98. The van der Waals surface area contributed by atoms with Gasteiger partial charge in [0.2, 0.25) is 11.9 Å². The highest BCUT2D eigenvalue weighted by atomic mass is 35.5. The van der Waals surface area contributed by atoms with Gasteiger partial charge in [-0.05, 0) is 56.0 Å². The molecule has 1 heterocycles. The Morgan fingerprint density at radius 1 is 1.24 bits per heavy atom. The van der Waals surface area contributed by atoms with Crippen molar-refractivity contribution < 1.29 is 4.79 Å². The molecule has 1 aromatic heterocycles. The molecule has 0 spiro atoms. The van der Waals surface area contributed by atoms with E-state index < -0.39 is 0 Å². The maximum atomic E-state index is 12.6. The van der Waals surface area contributed by atoms with Crippen molar-refractivity contribution in [1.82, 2.24) is 15.3 Å². The van der Waals surface area contributed by atoms with Gasteiger partial charge in [0, 0.05) is 23.0 Å². The molecule has 5 nitrogen and oxygen atoms in total. The number of carbonyl (C=O) groups is 1. The van der Waals surface area contributed by atoms with Crippen LogP contribution < -0.4 is 10.6 Å². The molecular weight excluding hydrogens is 356 g/mol. The number of carbonyl (C=O) groups excluding carboxylic acids is 1. The molecular formula is C18H23ClN4OS. The van der Waals surface area contributed by atoms with Crippen LogP contribution in [0.25, 0.3) is 0 Å². The van der Waals surface area contributed by atoms with E-state index in [1.165, 1.54) is 0 Å². The Bertz CT molecular complexity index is 706. The van der Waals surface area contributed by atoms with Crippen molar-refractivity contribution in [3.05, 3.63) is 52.3 Å². The summed E-state index contributed by atoms with van der Waals surface area (Å²) in [7, 11) is 0. The minimum absolute atomic E-state index is 0.0724. The first-order chi connectivity index (χ1) is 12.0. The Morgan fingerprint density at radius 3 is 2.60 bits per heavy atom. The Kier molecular flexibility index (Phi) is 7.52. The lowest BCUT2D eigenvalue weighted by atomic mass is 10.2. The maximum absolute atomic E-state index is 12.6. The summed E-state index contributed by atoms with van der Waals surface area (Å²) >= 11 is 7.69. The zero-order chi connectivity index (χ0) is 18.2. The summed E-state index contributed by atoms with van der Waals surface area (Å²) in [5, 5.41) is 6.79. The van der Waals surface area contributed by atoms with Crippen LogP contribution in [0.1, 0.15) is 23.4 Å². The van der Waals surface area contributed by atoms with E-state index in [9.17, 15) is 4.79 Å². The minimum Gasteiger partial charge on any atom is -0.350 e. The smallest absolute Gasteiger partial charge is 0.242 e. The summed E-state index contributed by atoms with van der Waals surface area (Å²) in [5.41, 5.74) is 2.71. The van der Waals surface area contributed by atoms with Crippen LogP contribution in [0.3, 0.4) is 0 Å². The Labute approximate surface area is 158 Å². The number of halogens is 1. The molecule has 0 saturated heterocycles. The van der Waals surface area contributed by atoms with Crippen molar-refractivity contribution in [3.8, 4) is 0 Å². The van der Waals surface area contributed by atoms with Crippen LogP contribution in [0.5, 0.6) is 0 Å². The monoisotopic (exact) mass is 378 g/mol. The van der Waals surface area contributed by atoms with Gasteiger partial charge in [-0.1, -0.05) is 23.7 Å². The highest BCUT2D eigenvalue weighted by Gasteiger charge is 2.19. The average molecular weight is 379 g/mol. The number of nitrogens with zero attached hydrogens (tertiary/aromatic N) is 2. The molecule has 134 valence electrons. The third kappa shape index (κ3) is 6.55. The van der Waals surface area contributed by atoms with Gasteiger partial charge in [0.25, 0.3) is 0 Å². The number of anilines is 1. The molecule has 0 radical (unpaired) electrons. The normalized spacial score (nSPS) is 11.8. The summed E-state index contributed by atoms with van der Waals surface area (Å²) in [4.78, 5) is 21.3. The molecule has 2 aromatic rings. The van der Waals surface area contributed by atoms with Crippen molar-refractivity contribution in [2.45, 2.75) is 32.9 Å². The lowest BCUT2D eigenvalue weighted by Gasteiger charge is -2.18. The Morgan fingerprint density at radius 2 is 1.96 bits per heavy atom. The molecule has 0 aliphatic rings. The number of thioether (sulfide) groups is 1. The summed E-state index contributed by atoms with van der Waals surface area (Å²) < 4.78 is 0. The second-order valence-corrected chi connectivity index (χ2v) is 7.22. The first kappa shape index (κ1) is 19.5. The van der Waals surface area contributed by atoms with Crippen LogP contribution in [-0.2, 0) is 11.3 Å². The Hall–Kier alpha value is -1.79. The predicted molar refractivity (Wildman–Crippen MR) is 105 cm³/mol. The van der Waals surface area contributed by atoms with Gasteiger partial charge in [-0.15, -0.1) is 0 Å². The molecule has 2 rings (SSSR count). The largest absolute Gasteiger partial charge is 0.350 e. The van der Waals surface area contributed by atoms with Gasteiger partial charge in [-0.25, -0.2) is 9.97 Å². The topological polar surface area (TPSA) is 66.9 Å². The van der Waals surface area contributed by atoms with E-state index in [4.69, 9.17) is 11.6 Å². The zero-order valence-electron chi connectivity index (χ0n) is 14.7. The molecule has 0 saturated carbocycles. The molecule has 0 aliphatic heterocycles. The fraction of sp³-hybridized carbons (Fsp3) is 0.389. The second kappa shape index (κ2) is 9.63. The molecule has 0 bridgehead atoms. The molecule has 0 fully saturated rings. The van der Waals surface area contributed by atoms with Gasteiger partial charge < -0.3 is 10.6 Å². The van der Waals surface area contributed by atoms with E-state index in [1.807, 2.05) is 50.4 Å². The number of rotatable bonds is 8. The van der Waals surface area contributed by atoms with E-state index in [0.29, 0.717) is 23.9 Å². The minimum atomic E-state index is -0.382. The van der Waals surface area contributed by atoms with Gasteiger partial charge in [0.15, 0.2) is 0 Å². The molecule has 0 unspecified atom stereocenters. The van der Waals surface area contributed by atoms with E-state index in [-0.39, 0.29) is 11.9 Å². The van der Waals surface area contributed by atoms with Crippen molar-refractivity contribution >= 4 is 35.2 Å². The van der Waals surface area contributed by atoms with Crippen molar-refractivity contribution in [3.63, 3.8) is 0 Å². The number of aryl methyl sites for hydroxylation is 2. The third-order valence-electron chi connectivity index (χ3n) is 3.57. The quantitative estimate of drug-likeness (QED) is 0.734. The Balaban J connectivity index is 2.03. The summed E-state index contributed by atoms with van der Waals surface area (Å²) in [6.07, 6.45) is 2.72. The van der Waals surface area contributed by atoms with E-state index in [2.05, 4.69) is 20.6 Å². The SMILES string of the molecule is CSCC[C@H](Nc1nc(C)cc(C)n1)C(=O)NCc1cccc(Cl)c1. The van der Waals surface area contributed by atoms with Crippen LogP contribution in [0.2, 0.25) is 5.02 Å². The van der Waals surface area contributed by atoms with Gasteiger partial charge in [-0.3, -0.25) is 4.79 Å². The third-order valence-corrected chi connectivity index (χ3v) is 4.45. The van der Waals surface area contributed by atoms with Crippen LogP contribution in [0.15, 0.2) is 30.3 Å². The molecule has 1 amide bonds. The fourth-order valence-electron chi connectivity index (χ4n) is 2.41. The van der Waals surface area contributed by atoms with E-state index in [0.717, 1.165) is 22.7 Å². The average Bonchev–Trinajstić information content (AvgIpc) is 2.55. The first-order valence-corrected chi connectivity index (χ1v) is 9.85. The van der Waals surface area contributed by atoms with E-state index >= 15 is 0 Å². The maximum Gasteiger partial charge on any atom is 0.242 e. The van der Waals surface area contributed by atoms with Crippen LogP contribution in [0, 0.1) is 13.8 Å². The summed E-state index contributed by atoms with van der Waals surface area (Å²) in [5.74, 6) is 1.28. The summed E-state index contributed by atoms with van der Waals surface area (Å²) in [6, 6.07) is 8.99. The molecule has 1 aromatic carbocycles. The van der Waals surface area contributed by atoms with Gasteiger partial charge >= 0.3 is 0 Å².